The number of hydrogen-bond donors (Lipinski definition) is 0. The quantitative estimate of drug-likeness (QED) is 0.864. The van der Waals surface area contributed by atoms with Gasteiger partial charge in [-0.05, 0) is 32.9 Å². The maximum atomic E-state index is 6.00. The van der Waals surface area contributed by atoms with E-state index in [1.165, 1.54) is 0 Å². The lowest BCUT2D eigenvalue weighted by molar-refractivity contribution is -0.0392. The van der Waals surface area contributed by atoms with Crippen molar-refractivity contribution in [1.29, 1.82) is 0 Å². The molecule has 1 aromatic carbocycles. The molecule has 0 N–H and O–H groups in total. The fourth-order valence-electron chi connectivity index (χ4n) is 2.72. The second-order valence-corrected chi connectivity index (χ2v) is 5.61. The first-order valence-electron chi connectivity index (χ1n) is 7.25. The third-order valence-electron chi connectivity index (χ3n) is 3.95. The van der Waals surface area contributed by atoms with Gasteiger partial charge >= 0.3 is 0 Å². The third kappa shape index (κ3) is 2.76. The van der Waals surface area contributed by atoms with E-state index in [0.29, 0.717) is 13.2 Å². The molecule has 1 atom stereocenters. The predicted octanol–water partition coefficient (Wildman–Crippen LogP) is 3.31. The molecule has 0 spiro atoms. The minimum absolute atomic E-state index is 0.386. The van der Waals surface area contributed by atoms with Gasteiger partial charge in [-0.1, -0.05) is 18.2 Å². The highest BCUT2D eigenvalue weighted by Crippen LogP contribution is 2.38. The van der Waals surface area contributed by atoms with Crippen molar-refractivity contribution in [3.05, 3.63) is 53.1 Å². The Morgan fingerprint density at radius 3 is 2.71 bits per heavy atom. The van der Waals surface area contributed by atoms with Gasteiger partial charge in [-0.2, -0.15) is 0 Å². The standard InChI is InChI=1S/C17H20N2O2/c1-12-15-11-21-17(3,16(15)19-13(2)18-12)9-10-20-14-7-5-4-6-8-14/h4-8H,9-11H2,1-3H3. The molecular formula is C17H20N2O2. The lowest BCUT2D eigenvalue weighted by Gasteiger charge is -2.24. The summed E-state index contributed by atoms with van der Waals surface area (Å²) in [7, 11) is 0. The van der Waals surface area contributed by atoms with Gasteiger partial charge in [-0.25, -0.2) is 9.97 Å². The van der Waals surface area contributed by atoms with Gasteiger partial charge in [0.25, 0.3) is 0 Å². The van der Waals surface area contributed by atoms with Gasteiger partial charge in [0.1, 0.15) is 17.2 Å². The summed E-state index contributed by atoms with van der Waals surface area (Å²) >= 11 is 0. The Balaban J connectivity index is 1.72. The number of rotatable bonds is 4. The molecule has 4 nitrogen and oxygen atoms in total. The lowest BCUT2D eigenvalue weighted by Crippen LogP contribution is -2.25. The van der Waals surface area contributed by atoms with Crippen LogP contribution in [-0.2, 0) is 16.9 Å². The Bertz CT molecular complexity index is 643. The maximum absolute atomic E-state index is 6.00. The van der Waals surface area contributed by atoms with Crippen LogP contribution in [0.3, 0.4) is 0 Å². The summed E-state index contributed by atoms with van der Waals surface area (Å²) in [5.41, 5.74) is 2.78. The molecule has 4 heteroatoms. The molecule has 21 heavy (non-hydrogen) atoms. The largest absolute Gasteiger partial charge is 0.493 e. The number of aryl methyl sites for hydroxylation is 2. The van der Waals surface area contributed by atoms with Crippen molar-refractivity contribution in [2.45, 2.75) is 39.4 Å². The van der Waals surface area contributed by atoms with Crippen LogP contribution in [0, 0.1) is 13.8 Å². The van der Waals surface area contributed by atoms with Crippen molar-refractivity contribution < 1.29 is 9.47 Å². The highest BCUT2D eigenvalue weighted by Gasteiger charge is 2.38. The lowest BCUT2D eigenvalue weighted by atomic mass is 9.96. The van der Waals surface area contributed by atoms with Gasteiger partial charge in [0.2, 0.25) is 0 Å². The molecule has 0 saturated heterocycles. The number of ether oxygens (including phenoxy) is 2. The van der Waals surface area contributed by atoms with Gasteiger partial charge in [0, 0.05) is 17.7 Å². The van der Waals surface area contributed by atoms with Crippen LogP contribution in [-0.4, -0.2) is 16.6 Å². The van der Waals surface area contributed by atoms with Gasteiger partial charge in [0.15, 0.2) is 0 Å². The van der Waals surface area contributed by atoms with E-state index in [1.807, 2.05) is 44.2 Å². The van der Waals surface area contributed by atoms with E-state index >= 15 is 0 Å². The summed E-state index contributed by atoms with van der Waals surface area (Å²) in [6.07, 6.45) is 0.769. The van der Waals surface area contributed by atoms with E-state index in [1.54, 1.807) is 0 Å². The normalized spacial score (nSPS) is 20.3. The SMILES string of the molecule is Cc1nc(C)c2c(n1)C(C)(CCOc1ccccc1)OC2. The molecular weight excluding hydrogens is 264 g/mol. The molecule has 0 bridgehead atoms. The summed E-state index contributed by atoms with van der Waals surface area (Å²) < 4.78 is 11.8. The first kappa shape index (κ1) is 14.0. The average Bonchev–Trinajstić information content (AvgIpc) is 2.78. The maximum Gasteiger partial charge on any atom is 0.125 e. The smallest absolute Gasteiger partial charge is 0.125 e. The molecule has 0 radical (unpaired) electrons. The van der Waals surface area contributed by atoms with Crippen LogP contribution in [0.2, 0.25) is 0 Å². The summed E-state index contributed by atoms with van der Waals surface area (Å²) in [6, 6.07) is 9.84. The van der Waals surface area contributed by atoms with Crippen molar-refractivity contribution in [3.63, 3.8) is 0 Å². The zero-order valence-electron chi connectivity index (χ0n) is 12.7. The van der Waals surface area contributed by atoms with Crippen LogP contribution in [0.25, 0.3) is 0 Å². The van der Waals surface area contributed by atoms with Crippen LogP contribution < -0.4 is 4.74 Å². The van der Waals surface area contributed by atoms with Gasteiger partial charge in [-0.3, -0.25) is 0 Å². The van der Waals surface area contributed by atoms with E-state index in [4.69, 9.17) is 9.47 Å². The van der Waals surface area contributed by atoms with Crippen molar-refractivity contribution in [3.8, 4) is 5.75 Å². The van der Waals surface area contributed by atoms with E-state index in [2.05, 4.69) is 16.9 Å². The summed E-state index contributed by atoms with van der Waals surface area (Å²) in [6.45, 7) is 7.21. The molecule has 1 aliphatic rings. The Morgan fingerprint density at radius 2 is 1.95 bits per heavy atom. The van der Waals surface area contributed by atoms with Gasteiger partial charge < -0.3 is 9.47 Å². The summed E-state index contributed by atoms with van der Waals surface area (Å²) in [5, 5.41) is 0. The molecule has 0 fully saturated rings. The Morgan fingerprint density at radius 1 is 1.19 bits per heavy atom. The van der Waals surface area contributed by atoms with Crippen molar-refractivity contribution >= 4 is 0 Å². The second-order valence-electron chi connectivity index (χ2n) is 5.61. The minimum Gasteiger partial charge on any atom is -0.493 e. The van der Waals surface area contributed by atoms with Gasteiger partial charge in [0.05, 0.1) is 18.9 Å². The minimum atomic E-state index is -0.386. The highest BCUT2D eigenvalue weighted by molar-refractivity contribution is 5.32. The number of fused-ring (bicyclic) bond motifs is 1. The van der Waals surface area contributed by atoms with Crippen molar-refractivity contribution in [2.75, 3.05) is 6.61 Å². The van der Waals surface area contributed by atoms with Crippen molar-refractivity contribution in [2.24, 2.45) is 0 Å². The average molecular weight is 284 g/mol. The van der Waals surface area contributed by atoms with Gasteiger partial charge in [-0.15, -0.1) is 0 Å². The van der Waals surface area contributed by atoms with Crippen LogP contribution in [0.15, 0.2) is 30.3 Å². The molecule has 1 aliphatic heterocycles. The van der Waals surface area contributed by atoms with Crippen LogP contribution in [0.5, 0.6) is 5.75 Å². The summed E-state index contributed by atoms with van der Waals surface area (Å²) in [4.78, 5) is 9.02. The van der Waals surface area contributed by atoms with Crippen LogP contribution in [0.1, 0.15) is 36.1 Å². The summed E-state index contributed by atoms with van der Waals surface area (Å²) in [5.74, 6) is 1.68. The molecule has 3 rings (SSSR count). The van der Waals surface area contributed by atoms with E-state index in [0.717, 1.165) is 34.9 Å². The zero-order valence-corrected chi connectivity index (χ0v) is 12.7. The molecule has 0 saturated carbocycles. The van der Waals surface area contributed by atoms with Crippen molar-refractivity contribution in [1.82, 2.24) is 9.97 Å². The molecule has 1 unspecified atom stereocenters. The van der Waals surface area contributed by atoms with E-state index in [9.17, 15) is 0 Å². The van der Waals surface area contributed by atoms with Crippen LogP contribution in [0.4, 0.5) is 0 Å². The number of aromatic nitrogens is 2. The first-order chi connectivity index (χ1) is 10.1. The first-order valence-corrected chi connectivity index (χ1v) is 7.25. The molecule has 0 amide bonds. The Kier molecular flexibility index (Phi) is 3.64. The molecule has 0 aliphatic carbocycles. The predicted molar refractivity (Wildman–Crippen MR) is 80.2 cm³/mol. The molecule has 2 aromatic rings. The third-order valence-corrected chi connectivity index (χ3v) is 3.95. The van der Waals surface area contributed by atoms with Crippen LogP contribution >= 0.6 is 0 Å². The topological polar surface area (TPSA) is 44.2 Å². The fraction of sp³-hybridized carbons (Fsp3) is 0.412. The zero-order chi connectivity index (χ0) is 14.9. The molecule has 110 valence electrons. The highest BCUT2D eigenvalue weighted by atomic mass is 16.5. The second kappa shape index (κ2) is 5.45. The molecule has 1 aromatic heterocycles. The van der Waals surface area contributed by atoms with E-state index in [-0.39, 0.29) is 5.60 Å². The number of benzene rings is 1. The monoisotopic (exact) mass is 284 g/mol. The number of nitrogens with zero attached hydrogens (tertiary/aromatic N) is 2. The van der Waals surface area contributed by atoms with E-state index < -0.39 is 0 Å². The molecule has 2 heterocycles. The number of para-hydroxylation sites is 1. The Hall–Kier alpha value is -1.94. The fourth-order valence-corrected chi connectivity index (χ4v) is 2.72. The Labute approximate surface area is 125 Å². The number of hydrogen-bond acceptors (Lipinski definition) is 4.